The largest absolute Gasteiger partial charge is 0.325 e. The van der Waals surface area contributed by atoms with Crippen LogP contribution in [0.25, 0.3) is 0 Å². The van der Waals surface area contributed by atoms with Gasteiger partial charge in [0.15, 0.2) is 0 Å². The summed E-state index contributed by atoms with van der Waals surface area (Å²) in [4.78, 5) is 50.0. The Balaban J connectivity index is 1.57. The fourth-order valence-electron chi connectivity index (χ4n) is 4.02. The number of hydrazine groups is 1. The van der Waals surface area contributed by atoms with E-state index < -0.39 is 11.8 Å². The van der Waals surface area contributed by atoms with Crippen molar-refractivity contribution in [1.29, 1.82) is 0 Å². The molecule has 4 rings (SSSR count). The maximum Gasteiger partial charge on any atom is 0.255 e. The third-order valence-corrected chi connectivity index (χ3v) is 5.63. The lowest BCUT2D eigenvalue weighted by atomic mass is 9.80. The number of hydrogen-bond donors (Lipinski definition) is 3. The second-order valence-corrected chi connectivity index (χ2v) is 8.04. The van der Waals surface area contributed by atoms with Crippen molar-refractivity contribution in [3.8, 4) is 0 Å². The van der Waals surface area contributed by atoms with Crippen molar-refractivity contribution in [2.24, 2.45) is 11.8 Å². The fourth-order valence-corrected chi connectivity index (χ4v) is 4.02. The summed E-state index contributed by atoms with van der Waals surface area (Å²) in [5.74, 6) is -1.81. The Kier molecular flexibility index (Phi) is 5.77. The monoisotopic (exact) mass is 432 g/mol. The average molecular weight is 432 g/mol. The zero-order valence-corrected chi connectivity index (χ0v) is 17.8. The summed E-state index contributed by atoms with van der Waals surface area (Å²) in [6, 6.07) is 11.8. The highest BCUT2D eigenvalue weighted by Crippen LogP contribution is 2.32. The van der Waals surface area contributed by atoms with E-state index in [2.05, 4.69) is 16.1 Å². The maximum atomic E-state index is 13.0. The van der Waals surface area contributed by atoms with Gasteiger partial charge >= 0.3 is 0 Å². The summed E-state index contributed by atoms with van der Waals surface area (Å²) in [6.45, 7) is 3.28. The molecule has 2 aromatic rings. The molecule has 0 saturated carbocycles. The van der Waals surface area contributed by atoms with E-state index >= 15 is 0 Å². The van der Waals surface area contributed by atoms with Gasteiger partial charge in [0, 0.05) is 12.5 Å². The van der Waals surface area contributed by atoms with Crippen LogP contribution in [0.4, 0.5) is 17.1 Å². The number of hydrogen-bond acceptors (Lipinski definition) is 4. The zero-order valence-electron chi connectivity index (χ0n) is 17.8. The van der Waals surface area contributed by atoms with Crippen LogP contribution < -0.4 is 21.1 Å². The topological polar surface area (TPSA) is 108 Å². The van der Waals surface area contributed by atoms with Crippen molar-refractivity contribution >= 4 is 40.7 Å². The number of rotatable bonds is 4. The molecule has 2 aromatic carbocycles. The van der Waals surface area contributed by atoms with Crippen LogP contribution in [0.15, 0.2) is 54.6 Å². The van der Waals surface area contributed by atoms with Gasteiger partial charge in [0.2, 0.25) is 17.7 Å². The molecule has 2 atom stereocenters. The van der Waals surface area contributed by atoms with E-state index in [0.29, 0.717) is 35.5 Å². The molecule has 3 N–H and O–H groups in total. The van der Waals surface area contributed by atoms with Crippen molar-refractivity contribution in [3.05, 3.63) is 65.7 Å². The average Bonchev–Trinajstić information content (AvgIpc) is 2.78. The van der Waals surface area contributed by atoms with E-state index in [0.717, 1.165) is 5.56 Å². The Morgan fingerprint density at radius 2 is 1.72 bits per heavy atom. The first kappa shape index (κ1) is 21.3. The van der Waals surface area contributed by atoms with Gasteiger partial charge in [-0.1, -0.05) is 24.3 Å². The summed E-state index contributed by atoms with van der Waals surface area (Å²) in [7, 11) is 0. The van der Waals surface area contributed by atoms with E-state index in [1.54, 1.807) is 36.4 Å². The second kappa shape index (κ2) is 8.66. The molecule has 32 heavy (non-hydrogen) atoms. The van der Waals surface area contributed by atoms with Crippen LogP contribution in [0, 0.1) is 18.8 Å². The van der Waals surface area contributed by atoms with E-state index in [4.69, 9.17) is 0 Å². The lowest BCUT2D eigenvalue weighted by Gasteiger charge is -2.38. The lowest BCUT2D eigenvalue weighted by Crippen LogP contribution is -2.59. The van der Waals surface area contributed by atoms with Gasteiger partial charge in [0.25, 0.3) is 5.91 Å². The molecule has 2 unspecified atom stereocenters. The number of carbonyl (C=O) groups excluding carboxylic acids is 4. The quantitative estimate of drug-likeness (QED) is 0.645. The summed E-state index contributed by atoms with van der Waals surface area (Å²) in [5.41, 5.74) is 5.26. The first-order valence-electron chi connectivity index (χ1n) is 10.4. The molecule has 1 heterocycles. The van der Waals surface area contributed by atoms with Crippen LogP contribution in [-0.2, 0) is 14.4 Å². The van der Waals surface area contributed by atoms with Crippen LogP contribution in [0.1, 0.15) is 35.7 Å². The highest BCUT2D eigenvalue weighted by Gasteiger charge is 2.42. The van der Waals surface area contributed by atoms with Gasteiger partial charge in [-0.3, -0.25) is 24.6 Å². The number of aryl methyl sites for hydroxylation is 1. The molecule has 2 aliphatic rings. The first-order valence-corrected chi connectivity index (χ1v) is 10.4. The number of fused-ring (bicyclic) bond motifs is 1. The van der Waals surface area contributed by atoms with Crippen LogP contribution >= 0.6 is 0 Å². The van der Waals surface area contributed by atoms with Crippen molar-refractivity contribution in [2.75, 3.05) is 15.6 Å². The SMILES string of the molecule is CC(=O)Nc1ccc(C)cc1NC(=O)c1cccc(N2NC(=O)C3CC=CCC3C2=O)c1. The molecule has 8 nitrogen and oxygen atoms in total. The van der Waals surface area contributed by atoms with E-state index in [1.807, 2.05) is 25.1 Å². The molecule has 1 saturated heterocycles. The van der Waals surface area contributed by atoms with Gasteiger partial charge in [0.05, 0.1) is 28.9 Å². The van der Waals surface area contributed by atoms with Crippen molar-refractivity contribution in [1.82, 2.24) is 5.43 Å². The third-order valence-electron chi connectivity index (χ3n) is 5.63. The summed E-state index contributed by atoms with van der Waals surface area (Å²) < 4.78 is 0. The molecule has 1 aliphatic heterocycles. The number of nitrogens with one attached hydrogen (secondary N) is 3. The van der Waals surface area contributed by atoms with Crippen molar-refractivity contribution in [2.45, 2.75) is 26.7 Å². The third kappa shape index (κ3) is 4.25. The van der Waals surface area contributed by atoms with Crippen molar-refractivity contribution < 1.29 is 19.2 Å². The molecule has 0 aromatic heterocycles. The molecule has 0 spiro atoms. The second-order valence-electron chi connectivity index (χ2n) is 8.04. The van der Waals surface area contributed by atoms with Gasteiger partial charge in [0.1, 0.15) is 0 Å². The molecule has 1 aliphatic carbocycles. The first-order chi connectivity index (χ1) is 15.3. The summed E-state index contributed by atoms with van der Waals surface area (Å²) >= 11 is 0. The highest BCUT2D eigenvalue weighted by molar-refractivity contribution is 6.09. The van der Waals surface area contributed by atoms with Crippen molar-refractivity contribution in [3.63, 3.8) is 0 Å². The van der Waals surface area contributed by atoms with Gasteiger partial charge < -0.3 is 10.6 Å². The Bertz CT molecular complexity index is 1140. The molecule has 0 bridgehead atoms. The molecule has 1 fully saturated rings. The number of anilines is 3. The van der Waals surface area contributed by atoms with Crippen LogP contribution in [0.5, 0.6) is 0 Å². The van der Waals surface area contributed by atoms with Gasteiger partial charge in [-0.25, -0.2) is 5.01 Å². The number of amides is 4. The number of allylic oxidation sites excluding steroid dienone is 2. The standard InChI is InChI=1S/C24H24N4O4/c1-14-10-11-20(25-15(2)29)21(12-14)26-22(30)16-6-5-7-17(13-16)28-24(32)19-9-4-3-8-18(19)23(31)27-28/h3-7,10-13,18-19H,8-9H2,1-2H3,(H,25,29)(H,26,30)(H,27,31). The molecule has 8 heteroatoms. The molecular weight excluding hydrogens is 408 g/mol. The Morgan fingerprint density at radius 1 is 0.969 bits per heavy atom. The predicted molar refractivity (Wildman–Crippen MR) is 121 cm³/mol. The normalized spacial score (nSPS) is 19.8. The predicted octanol–water partition coefficient (Wildman–Crippen LogP) is 3.17. The summed E-state index contributed by atoms with van der Waals surface area (Å²) in [5, 5.41) is 6.74. The van der Waals surface area contributed by atoms with E-state index in [9.17, 15) is 19.2 Å². The maximum absolute atomic E-state index is 13.0. The number of carbonyl (C=O) groups is 4. The zero-order chi connectivity index (χ0) is 22.8. The van der Waals surface area contributed by atoms with Gasteiger partial charge in [-0.2, -0.15) is 0 Å². The van der Waals surface area contributed by atoms with Gasteiger partial charge in [-0.15, -0.1) is 0 Å². The summed E-state index contributed by atoms with van der Waals surface area (Å²) in [6.07, 6.45) is 4.92. The Labute approximate surface area is 185 Å². The Morgan fingerprint density at radius 3 is 2.47 bits per heavy atom. The van der Waals surface area contributed by atoms with Crippen LogP contribution in [-0.4, -0.2) is 23.6 Å². The molecule has 0 radical (unpaired) electrons. The fraction of sp³-hybridized carbons (Fsp3) is 0.250. The van der Waals surface area contributed by atoms with E-state index in [-0.39, 0.29) is 23.6 Å². The minimum Gasteiger partial charge on any atom is -0.325 e. The molecular formula is C24H24N4O4. The number of nitrogens with zero attached hydrogens (tertiary/aromatic N) is 1. The van der Waals surface area contributed by atoms with Gasteiger partial charge in [-0.05, 0) is 55.7 Å². The lowest BCUT2D eigenvalue weighted by molar-refractivity contribution is -0.139. The number of benzene rings is 2. The smallest absolute Gasteiger partial charge is 0.255 e. The Hall–Kier alpha value is -3.94. The minimum atomic E-state index is -0.404. The molecule has 4 amide bonds. The molecule has 164 valence electrons. The highest BCUT2D eigenvalue weighted by atomic mass is 16.2. The van der Waals surface area contributed by atoms with E-state index in [1.165, 1.54) is 11.9 Å². The minimum absolute atomic E-state index is 0.192. The van der Waals surface area contributed by atoms with Crippen LogP contribution in [0.3, 0.4) is 0 Å². The van der Waals surface area contributed by atoms with Crippen LogP contribution in [0.2, 0.25) is 0 Å².